The number of nitrogens with two attached hydrogens (primary N) is 1. The van der Waals surface area contributed by atoms with Crippen LogP contribution in [-0.4, -0.2) is 11.7 Å². The zero-order valence-corrected chi connectivity index (χ0v) is 9.55. The van der Waals surface area contributed by atoms with Crippen molar-refractivity contribution in [2.75, 3.05) is 6.54 Å². The molecule has 15 heavy (non-hydrogen) atoms. The van der Waals surface area contributed by atoms with Gasteiger partial charge in [-0.25, -0.2) is 4.39 Å². The first kappa shape index (κ1) is 12.4. The first-order valence-corrected chi connectivity index (χ1v) is 5.11. The molecule has 0 saturated heterocycles. The first-order valence-electron chi connectivity index (χ1n) is 4.74. The summed E-state index contributed by atoms with van der Waals surface area (Å²) in [6.45, 7) is 2.85. The molecule has 1 atom stereocenters. The van der Waals surface area contributed by atoms with Gasteiger partial charge in [0.1, 0.15) is 5.67 Å². The number of aliphatic hydroxyl groups is 1. The van der Waals surface area contributed by atoms with Crippen LogP contribution in [0.2, 0.25) is 5.02 Å². The molecule has 4 heteroatoms. The lowest BCUT2D eigenvalue weighted by molar-refractivity contribution is 0.171. The van der Waals surface area contributed by atoms with Crippen LogP contribution < -0.4 is 5.73 Å². The molecule has 1 rings (SSSR count). The second-order valence-corrected chi connectivity index (χ2v) is 4.34. The molecule has 0 fully saturated rings. The van der Waals surface area contributed by atoms with Crippen molar-refractivity contribution < 1.29 is 9.50 Å². The molecular weight excluding hydrogens is 217 g/mol. The number of benzene rings is 1. The molecule has 0 radical (unpaired) electrons. The molecule has 0 spiro atoms. The lowest BCUT2D eigenvalue weighted by Gasteiger charge is -2.22. The second-order valence-electron chi connectivity index (χ2n) is 3.93. The first-order chi connectivity index (χ1) is 6.88. The van der Waals surface area contributed by atoms with Gasteiger partial charge in [0.05, 0.1) is 6.10 Å². The number of hydrogen-bond acceptors (Lipinski definition) is 2. The molecule has 1 aromatic carbocycles. The number of rotatable bonds is 3. The molecule has 0 aliphatic rings. The Kier molecular flexibility index (Phi) is 3.71. The Hall–Kier alpha value is -0.640. The quantitative estimate of drug-likeness (QED) is 0.840. The number of alkyl halides is 1. The number of halogens is 2. The molecular formula is C11H15ClFNO. The molecule has 0 heterocycles. The summed E-state index contributed by atoms with van der Waals surface area (Å²) in [7, 11) is 0. The van der Waals surface area contributed by atoms with Crippen molar-refractivity contribution >= 4 is 11.6 Å². The Morgan fingerprint density at radius 3 is 2.60 bits per heavy atom. The Balaban J connectivity index is 3.33. The molecule has 2 nitrogen and oxygen atoms in total. The van der Waals surface area contributed by atoms with Crippen LogP contribution in [0.25, 0.3) is 0 Å². The number of hydrogen-bond donors (Lipinski definition) is 2. The van der Waals surface area contributed by atoms with Crippen molar-refractivity contribution in [3.63, 3.8) is 0 Å². The van der Waals surface area contributed by atoms with E-state index in [2.05, 4.69) is 0 Å². The predicted octanol–water partition coefficient (Wildman–Crippen LogP) is 2.54. The maximum absolute atomic E-state index is 13.9. The smallest absolute Gasteiger partial charge is 0.132 e. The third-order valence-electron chi connectivity index (χ3n) is 2.22. The standard InChI is InChI=1S/C11H15ClFNO/c1-11(2,13)10-7(9(15)6-14)4-3-5-8(10)12/h3-5,9,15H,6,14H2,1-2H3. The van der Waals surface area contributed by atoms with Crippen LogP contribution in [0.3, 0.4) is 0 Å². The molecule has 1 aromatic rings. The summed E-state index contributed by atoms with van der Waals surface area (Å²) >= 11 is 5.92. The minimum Gasteiger partial charge on any atom is -0.387 e. The van der Waals surface area contributed by atoms with Gasteiger partial charge in [0, 0.05) is 17.1 Å². The summed E-state index contributed by atoms with van der Waals surface area (Å²) in [5.41, 5.74) is 4.52. The topological polar surface area (TPSA) is 46.2 Å². The van der Waals surface area contributed by atoms with Crippen LogP contribution in [0.4, 0.5) is 4.39 Å². The summed E-state index contributed by atoms with van der Waals surface area (Å²) in [5, 5.41) is 9.96. The average Bonchev–Trinajstić information content (AvgIpc) is 2.14. The molecule has 1 unspecified atom stereocenters. The molecule has 0 aliphatic carbocycles. The highest BCUT2D eigenvalue weighted by molar-refractivity contribution is 6.31. The molecule has 84 valence electrons. The van der Waals surface area contributed by atoms with Crippen LogP contribution >= 0.6 is 11.6 Å². The zero-order valence-electron chi connectivity index (χ0n) is 8.80. The van der Waals surface area contributed by atoms with Crippen LogP contribution in [0, 0.1) is 0 Å². The highest BCUT2D eigenvalue weighted by Gasteiger charge is 2.27. The SMILES string of the molecule is CC(C)(F)c1c(Cl)cccc1C(O)CN. The van der Waals surface area contributed by atoms with Gasteiger partial charge >= 0.3 is 0 Å². The van der Waals surface area contributed by atoms with E-state index in [4.69, 9.17) is 17.3 Å². The molecule has 0 aliphatic heterocycles. The van der Waals surface area contributed by atoms with Crippen LogP contribution in [0.5, 0.6) is 0 Å². The van der Waals surface area contributed by atoms with Gasteiger partial charge in [-0.05, 0) is 25.5 Å². The van der Waals surface area contributed by atoms with Crippen molar-refractivity contribution in [2.24, 2.45) is 5.73 Å². The van der Waals surface area contributed by atoms with Crippen molar-refractivity contribution in [1.82, 2.24) is 0 Å². The average molecular weight is 232 g/mol. The Labute approximate surface area is 93.9 Å². The normalized spacial score (nSPS) is 14.0. The van der Waals surface area contributed by atoms with E-state index in [0.717, 1.165) is 0 Å². The summed E-state index contributed by atoms with van der Waals surface area (Å²) in [6, 6.07) is 4.91. The number of aliphatic hydroxyl groups excluding tert-OH is 1. The fourth-order valence-electron chi connectivity index (χ4n) is 1.57. The van der Waals surface area contributed by atoms with Gasteiger partial charge in [-0.15, -0.1) is 0 Å². The van der Waals surface area contributed by atoms with Crippen molar-refractivity contribution in [3.8, 4) is 0 Å². The van der Waals surface area contributed by atoms with E-state index < -0.39 is 11.8 Å². The van der Waals surface area contributed by atoms with E-state index in [1.54, 1.807) is 18.2 Å². The van der Waals surface area contributed by atoms with E-state index in [0.29, 0.717) is 16.1 Å². The molecule has 0 saturated carbocycles. The summed E-state index contributed by atoms with van der Waals surface area (Å²) < 4.78 is 13.9. The lowest BCUT2D eigenvalue weighted by Crippen LogP contribution is -2.19. The highest BCUT2D eigenvalue weighted by Crippen LogP contribution is 2.36. The fourth-order valence-corrected chi connectivity index (χ4v) is 1.98. The maximum atomic E-state index is 13.9. The van der Waals surface area contributed by atoms with Crippen molar-refractivity contribution in [1.29, 1.82) is 0 Å². The Morgan fingerprint density at radius 1 is 1.53 bits per heavy atom. The summed E-state index contributed by atoms with van der Waals surface area (Å²) in [4.78, 5) is 0. The van der Waals surface area contributed by atoms with Crippen molar-refractivity contribution in [3.05, 3.63) is 34.3 Å². The van der Waals surface area contributed by atoms with Crippen molar-refractivity contribution in [2.45, 2.75) is 25.6 Å². The van der Waals surface area contributed by atoms with E-state index in [9.17, 15) is 9.50 Å². The van der Waals surface area contributed by atoms with Crippen LogP contribution in [-0.2, 0) is 5.67 Å². The zero-order chi connectivity index (χ0) is 11.6. The van der Waals surface area contributed by atoms with Crippen LogP contribution in [0.15, 0.2) is 18.2 Å². The van der Waals surface area contributed by atoms with Gasteiger partial charge in [-0.3, -0.25) is 0 Å². The van der Waals surface area contributed by atoms with E-state index in [1.807, 2.05) is 0 Å². The van der Waals surface area contributed by atoms with Gasteiger partial charge in [-0.2, -0.15) is 0 Å². The molecule has 0 aromatic heterocycles. The predicted molar refractivity (Wildman–Crippen MR) is 59.6 cm³/mol. The van der Waals surface area contributed by atoms with E-state index >= 15 is 0 Å². The van der Waals surface area contributed by atoms with Gasteiger partial charge in [0.2, 0.25) is 0 Å². The molecule has 0 amide bonds. The minimum absolute atomic E-state index is 0.0451. The summed E-state index contributed by atoms with van der Waals surface area (Å²) in [5.74, 6) is 0. The maximum Gasteiger partial charge on any atom is 0.132 e. The van der Waals surface area contributed by atoms with E-state index in [-0.39, 0.29) is 6.54 Å². The monoisotopic (exact) mass is 231 g/mol. The second kappa shape index (κ2) is 4.47. The van der Waals surface area contributed by atoms with Crippen LogP contribution in [0.1, 0.15) is 31.1 Å². The summed E-state index contributed by atoms with van der Waals surface area (Å²) in [6.07, 6.45) is -0.881. The van der Waals surface area contributed by atoms with Gasteiger partial charge < -0.3 is 10.8 Å². The lowest BCUT2D eigenvalue weighted by atomic mass is 9.92. The Morgan fingerprint density at radius 2 is 2.13 bits per heavy atom. The minimum atomic E-state index is -1.59. The molecule has 3 N–H and O–H groups in total. The third-order valence-corrected chi connectivity index (χ3v) is 2.54. The largest absolute Gasteiger partial charge is 0.387 e. The third kappa shape index (κ3) is 2.68. The Bertz CT molecular complexity index is 349. The highest BCUT2D eigenvalue weighted by atomic mass is 35.5. The van der Waals surface area contributed by atoms with E-state index in [1.165, 1.54) is 13.8 Å². The van der Waals surface area contributed by atoms with Gasteiger partial charge in [-0.1, -0.05) is 23.7 Å². The van der Waals surface area contributed by atoms with Gasteiger partial charge in [0.15, 0.2) is 0 Å². The van der Waals surface area contributed by atoms with Gasteiger partial charge in [0.25, 0.3) is 0 Å². The fraction of sp³-hybridized carbons (Fsp3) is 0.455. The molecule has 0 bridgehead atoms.